The van der Waals surface area contributed by atoms with E-state index in [-0.39, 0.29) is 6.61 Å². The van der Waals surface area contributed by atoms with Crippen molar-refractivity contribution in [3.05, 3.63) is 48.7 Å². The molecule has 1 saturated heterocycles. The Morgan fingerprint density at radius 2 is 2.04 bits per heavy atom. The second kappa shape index (κ2) is 6.93. The van der Waals surface area contributed by atoms with Crippen molar-refractivity contribution in [2.75, 3.05) is 18.5 Å². The van der Waals surface area contributed by atoms with Gasteiger partial charge in [0.2, 0.25) is 0 Å². The molecular formula is C16H19N3O4. The zero-order valence-corrected chi connectivity index (χ0v) is 13.1. The van der Waals surface area contributed by atoms with E-state index in [0.717, 1.165) is 17.1 Å². The minimum Gasteiger partial charge on any atom is -0.347 e. The predicted octanol–water partition coefficient (Wildman–Crippen LogP) is 2.64. The van der Waals surface area contributed by atoms with Gasteiger partial charge in [-0.15, -0.1) is 0 Å². The summed E-state index contributed by atoms with van der Waals surface area (Å²) < 4.78 is 1.77. The minimum atomic E-state index is -0.872. The molecular weight excluding hydrogens is 298 g/mol. The van der Waals surface area contributed by atoms with E-state index in [2.05, 4.69) is 10.4 Å². The third-order valence-electron chi connectivity index (χ3n) is 3.28. The molecule has 7 nitrogen and oxygen atoms in total. The van der Waals surface area contributed by atoms with E-state index >= 15 is 0 Å². The van der Waals surface area contributed by atoms with Crippen LogP contribution < -0.4 is 5.32 Å². The van der Waals surface area contributed by atoms with Gasteiger partial charge in [0.15, 0.2) is 0 Å². The highest BCUT2D eigenvalue weighted by Crippen LogP contribution is 2.31. The van der Waals surface area contributed by atoms with Crippen LogP contribution in [0.4, 0.5) is 5.82 Å². The molecule has 23 heavy (non-hydrogen) atoms. The van der Waals surface area contributed by atoms with E-state index in [4.69, 9.17) is 19.6 Å². The molecule has 0 saturated carbocycles. The van der Waals surface area contributed by atoms with Crippen LogP contribution in [0.2, 0.25) is 0 Å². The molecule has 0 spiro atoms. The highest BCUT2D eigenvalue weighted by molar-refractivity contribution is 5.63. The predicted molar refractivity (Wildman–Crippen MR) is 83.9 cm³/mol. The van der Waals surface area contributed by atoms with Crippen LogP contribution in [0.3, 0.4) is 0 Å². The van der Waals surface area contributed by atoms with Gasteiger partial charge in [0, 0.05) is 24.9 Å². The minimum absolute atomic E-state index is 0.166. The highest BCUT2D eigenvalue weighted by Gasteiger charge is 2.47. The molecule has 1 aromatic heterocycles. The van der Waals surface area contributed by atoms with Crippen molar-refractivity contribution in [3.8, 4) is 11.3 Å². The molecule has 0 bridgehead atoms. The zero-order chi connectivity index (χ0) is 16.1. The molecule has 0 unspecified atom stereocenters. The molecule has 2 aromatic rings. The molecule has 7 heteroatoms. The molecule has 1 N–H and O–H groups in total. The summed E-state index contributed by atoms with van der Waals surface area (Å²) in [6, 6.07) is 12.0. The van der Waals surface area contributed by atoms with Gasteiger partial charge in [-0.2, -0.15) is 14.9 Å². The molecule has 1 fully saturated rings. The molecule has 1 aliphatic rings. The Morgan fingerprint density at radius 1 is 1.26 bits per heavy atom. The first-order chi connectivity index (χ1) is 11.2. The lowest BCUT2D eigenvalue weighted by Gasteiger charge is -2.03. The maximum Gasteiger partial charge on any atom is 0.280 e. The van der Waals surface area contributed by atoms with Crippen LogP contribution in [-0.2, 0) is 26.6 Å². The molecule has 0 radical (unpaired) electrons. The highest BCUT2D eigenvalue weighted by atomic mass is 17.4. The SMILES string of the molecule is CCOOCC1(/C=C/Nc2cc(-c3ccccc3)nn2C)OO1. The quantitative estimate of drug-likeness (QED) is 0.349. The Labute approximate surface area is 134 Å². The third kappa shape index (κ3) is 3.96. The van der Waals surface area contributed by atoms with E-state index in [0.29, 0.717) is 6.61 Å². The molecule has 1 aromatic carbocycles. The van der Waals surface area contributed by atoms with E-state index in [1.54, 1.807) is 17.0 Å². The van der Waals surface area contributed by atoms with Gasteiger partial charge in [-0.3, -0.25) is 4.68 Å². The first-order valence-electron chi connectivity index (χ1n) is 7.37. The first kappa shape index (κ1) is 15.7. The summed E-state index contributed by atoms with van der Waals surface area (Å²) in [4.78, 5) is 19.6. The van der Waals surface area contributed by atoms with Crippen LogP contribution in [0.15, 0.2) is 48.7 Å². The summed E-state index contributed by atoms with van der Waals surface area (Å²) >= 11 is 0. The van der Waals surface area contributed by atoms with Gasteiger partial charge in [-0.25, -0.2) is 9.78 Å². The molecule has 2 heterocycles. The van der Waals surface area contributed by atoms with Crippen molar-refractivity contribution in [3.63, 3.8) is 0 Å². The van der Waals surface area contributed by atoms with Crippen molar-refractivity contribution < 1.29 is 19.6 Å². The Kier molecular flexibility index (Phi) is 4.73. The summed E-state index contributed by atoms with van der Waals surface area (Å²) in [6.45, 7) is 2.47. The fourth-order valence-electron chi connectivity index (χ4n) is 2.02. The third-order valence-corrected chi connectivity index (χ3v) is 3.28. The monoisotopic (exact) mass is 317 g/mol. The van der Waals surface area contributed by atoms with E-state index in [9.17, 15) is 0 Å². The van der Waals surface area contributed by atoms with Crippen molar-refractivity contribution in [2.45, 2.75) is 12.7 Å². The normalized spacial score (nSPS) is 15.9. The van der Waals surface area contributed by atoms with Gasteiger partial charge in [0.05, 0.1) is 12.3 Å². The van der Waals surface area contributed by atoms with Gasteiger partial charge in [-0.05, 0) is 13.0 Å². The first-order valence-corrected chi connectivity index (χ1v) is 7.37. The van der Waals surface area contributed by atoms with Crippen molar-refractivity contribution >= 4 is 5.82 Å². The standard InChI is InChI=1S/C16H19N3O4/c1-3-20-21-12-16(22-23-16)9-10-17-15-11-14(18-19(15)2)13-7-5-4-6-8-13/h4-11,17H,3,12H2,1-2H3/b10-9+. The Balaban J connectivity index is 1.61. The number of aromatic nitrogens is 2. The summed E-state index contributed by atoms with van der Waals surface area (Å²) in [5.74, 6) is -0.0233. The van der Waals surface area contributed by atoms with E-state index in [1.165, 1.54) is 0 Å². The van der Waals surface area contributed by atoms with Gasteiger partial charge in [-0.1, -0.05) is 30.3 Å². The van der Waals surface area contributed by atoms with Gasteiger partial charge >= 0.3 is 0 Å². The van der Waals surface area contributed by atoms with Crippen LogP contribution in [0.1, 0.15) is 6.92 Å². The molecule has 122 valence electrons. The molecule has 3 rings (SSSR count). The average molecular weight is 317 g/mol. The van der Waals surface area contributed by atoms with Crippen LogP contribution in [0, 0.1) is 0 Å². The lowest BCUT2D eigenvalue weighted by atomic mass is 10.2. The summed E-state index contributed by atoms with van der Waals surface area (Å²) in [5.41, 5.74) is 1.97. The Morgan fingerprint density at radius 3 is 2.74 bits per heavy atom. The Hall–Kier alpha value is -2.19. The maximum atomic E-state index is 4.95. The summed E-state index contributed by atoms with van der Waals surface area (Å²) in [5, 5.41) is 7.64. The number of rotatable bonds is 8. The molecule has 1 aliphatic heterocycles. The van der Waals surface area contributed by atoms with Crippen molar-refractivity contribution in [1.29, 1.82) is 0 Å². The van der Waals surface area contributed by atoms with Crippen LogP contribution in [0.5, 0.6) is 0 Å². The fraction of sp³-hybridized carbons (Fsp3) is 0.312. The number of benzene rings is 1. The second-order valence-electron chi connectivity index (χ2n) is 5.03. The Bertz CT molecular complexity index is 665. The van der Waals surface area contributed by atoms with Gasteiger partial charge in [0.25, 0.3) is 5.79 Å². The summed E-state index contributed by atoms with van der Waals surface area (Å²) in [6.07, 6.45) is 3.45. The number of hydrogen-bond acceptors (Lipinski definition) is 6. The number of anilines is 1. The van der Waals surface area contributed by atoms with E-state index in [1.807, 2.05) is 50.4 Å². The van der Waals surface area contributed by atoms with E-state index < -0.39 is 5.79 Å². The maximum absolute atomic E-state index is 4.95. The van der Waals surface area contributed by atoms with Crippen molar-refractivity contribution in [2.24, 2.45) is 7.05 Å². The summed E-state index contributed by atoms with van der Waals surface area (Å²) in [7, 11) is 1.88. The average Bonchev–Trinajstić information content (AvgIpc) is 3.24. The molecule has 0 amide bonds. The zero-order valence-electron chi connectivity index (χ0n) is 13.1. The topological polar surface area (TPSA) is 73.4 Å². The van der Waals surface area contributed by atoms with Crippen molar-refractivity contribution in [1.82, 2.24) is 9.78 Å². The molecule has 0 aliphatic carbocycles. The van der Waals surface area contributed by atoms with Crippen LogP contribution in [-0.4, -0.2) is 28.8 Å². The van der Waals surface area contributed by atoms with Crippen LogP contribution >= 0.6 is 0 Å². The largest absolute Gasteiger partial charge is 0.347 e. The lowest BCUT2D eigenvalue weighted by molar-refractivity contribution is -0.298. The second-order valence-corrected chi connectivity index (χ2v) is 5.03. The smallest absolute Gasteiger partial charge is 0.280 e. The number of hydrogen-bond donors (Lipinski definition) is 1. The number of aryl methyl sites for hydroxylation is 1. The fourth-order valence-corrected chi connectivity index (χ4v) is 2.02. The van der Waals surface area contributed by atoms with Gasteiger partial charge in [0.1, 0.15) is 12.4 Å². The molecule has 0 atom stereocenters. The van der Waals surface area contributed by atoms with Gasteiger partial charge < -0.3 is 5.32 Å². The lowest BCUT2D eigenvalue weighted by Crippen LogP contribution is -2.16. The number of nitrogens with zero attached hydrogens (tertiary/aromatic N) is 2. The number of nitrogens with one attached hydrogen (secondary N) is 1. The van der Waals surface area contributed by atoms with Crippen LogP contribution in [0.25, 0.3) is 11.3 Å².